The second-order valence-corrected chi connectivity index (χ2v) is 10.8. The lowest BCUT2D eigenvalue weighted by molar-refractivity contribution is 0.0505. The molecule has 2 heteroatoms. The summed E-state index contributed by atoms with van der Waals surface area (Å²) < 4.78 is 5.23. The first-order valence-corrected chi connectivity index (χ1v) is 14.0. The highest BCUT2D eigenvalue weighted by atomic mass is 16.5. The maximum Gasteiger partial charge on any atom is 0.338 e. The summed E-state index contributed by atoms with van der Waals surface area (Å²) in [5, 5.41) is 0. The summed E-state index contributed by atoms with van der Waals surface area (Å²) >= 11 is 0. The van der Waals surface area contributed by atoms with Crippen LogP contribution < -0.4 is 0 Å². The zero-order valence-electron chi connectivity index (χ0n) is 21.0. The van der Waals surface area contributed by atoms with Crippen LogP contribution in [-0.2, 0) is 11.2 Å². The molecule has 0 bridgehead atoms. The van der Waals surface area contributed by atoms with Crippen LogP contribution in [0.1, 0.15) is 126 Å². The zero-order chi connectivity index (χ0) is 22.6. The fraction of sp³-hybridized carbons (Fsp3) is 0.767. The zero-order valence-corrected chi connectivity index (χ0v) is 21.0. The number of aryl methyl sites for hydroxylation is 1. The van der Waals surface area contributed by atoms with Crippen LogP contribution in [0.2, 0.25) is 0 Å². The van der Waals surface area contributed by atoms with E-state index in [-0.39, 0.29) is 5.97 Å². The average molecular weight is 441 g/mol. The van der Waals surface area contributed by atoms with Crippen LogP contribution in [0.15, 0.2) is 24.3 Å². The number of unbranched alkanes of at least 4 members (excludes halogenated alkanes) is 3. The van der Waals surface area contributed by atoms with E-state index in [4.69, 9.17) is 4.74 Å². The van der Waals surface area contributed by atoms with E-state index in [1.165, 1.54) is 95.5 Å². The van der Waals surface area contributed by atoms with Crippen molar-refractivity contribution in [2.75, 3.05) is 6.61 Å². The van der Waals surface area contributed by atoms with Crippen molar-refractivity contribution in [2.24, 2.45) is 23.7 Å². The standard InChI is InChI=1S/C30H48O2/c1-3-5-6-7-8-24-11-17-27(18-12-24)28-19-13-25(14-20-28)9-10-26-15-21-29(22-16-26)30(31)32-23-4-2/h15-16,21-22,24-25,27-28H,3-14,17-20,23H2,1-2H3. The lowest BCUT2D eigenvalue weighted by Crippen LogP contribution is -2.26. The van der Waals surface area contributed by atoms with Crippen LogP contribution in [0.4, 0.5) is 0 Å². The Labute approximate surface area is 197 Å². The monoisotopic (exact) mass is 440 g/mol. The lowest BCUT2D eigenvalue weighted by atomic mass is 9.68. The Bertz CT molecular complexity index is 633. The Morgan fingerprint density at radius 1 is 0.750 bits per heavy atom. The van der Waals surface area contributed by atoms with Crippen LogP contribution in [0.5, 0.6) is 0 Å². The molecule has 1 aromatic carbocycles. The van der Waals surface area contributed by atoms with Crippen LogP contribution in [0.3, 0.4) is 0 Å². The summed E-state index contributed by atoms with van der Waals surface area (Å²) in [6, 6.07) is 8.11. The van der Waals surface area contributed by atoms with Crippen molar-refractivity contribution in [1.29, 1.82) is 0 Å². The predicted molar refractivity (Wildman–Crippen MR) is 135 cm³/mol. The van der Waals surface area contributed by atoms with Gasteiger partial charge < -0.3 is 4.74 Å². The highest BCUT2D eigenvalue weighted by molar-refractivity contribution is 5.89. The van der Waals surface area contributed by atoms with Crippen LogP contribution in [0, 0.1) is 23.7 Å². The molecule has 0 amide bonds. The Kier molecular flexibility index (Phi) is 11.1. The Morgan fingerprint density at radius 3 is 1.91 bits per heavy atom. The topological polar surface area (TPSA) is 26.3 Å². The van der Waals surface area contributed by atoms with Gasteiger partial charge in [-0.25, -0.2) is 4.79 Å². The van der Waals surface area contributed by atoms with Gasteiger partial charge in [0.1, 0.15) is 0 Å². The smallest absolute Gasteiger partial charge is 0.338 e. The molecular weight excluding hydrogens is 392 g/mol. The molecule has 2 nitrogen and oxygen atoms in total. The molecule has 32 heavy (non-hydrogen) atoms. The molecule has 0 spiro atoms. The van der Waals surface area contributed by atoms with Gasteiger partial charge in [0.2, 0.25) is 0 Å². The molecule has 2 aliphatic rings. The fourth-order valence-corrected chi connectivity index (χ4v) is 6.21. The lowest BCUT2D eigenvalue weighted by Gasteiger charge is -2.38. The largest absolute Gasteiger partial charge is 0.462 e. The number of hydrogen-bond acceptors (Lipinski definition) is 2. The summed E-state index contributed by atoms with van der Waals surface area (Å²) in [5.41, 5.74) is 2.04. The van der Waals surface area contributed by atoms with E-state index in [1.807, 2.05) is 19.1 Å². The van der Waals surface area contributed by atoms with E-state index in [1.54, 1.807) is 0 Å². The molecule has 2 saturated carbocycles. The quantitative estimate of drug-likeness (QED) is 0.240. The van der Waals surface area contributed by atoms with Crippen LogP contribution in [0.25, 0.3) is 0 Å². The van der Waals surface area contributed by atoms with E-state index in [9.17, 15) is 4.79 Å². The van der Waals surface area contributed by atoms with Crippen molar-refractivity contribution >= 4 is 5.97 Å². The molecule has 0 N–H and O–H groups in total. The number of hydrogen-bond donors (Lipinski definition) is 0. The minimum atomic E-state index is -0.192. The van der Waals surface area contributed by atoms with Crippen LogP contribution in [-0.4, -0.2) is 12.6 Å². The molecule has 0 unspecified atom stereocenters. The number of esters is 1. The normalized spacial score (nSPS) is 26.1. The molecule has 0 saturated heterocycles. The number of carbonyl (C=O) groups is 1. The third-order valence-electron chi connectivity index (χ3n) is 8.38. The molecule has 180 valence electrons. The van der Waals surface area contributed by atoms with Gasteiger partial charge in [0.25, 0.3) is 0 Å². The Morgan fingerprint density at radius 2 is 1.34 bits per heavy atom. The van der Waals surface area contributed by atoms with Gasteiger partial charge in [0.05, 0.1) is 12.2 Å². The van der Waals surface area contributed by atoms with Gasteiger partial charge >= 0.3 is 5.97 Å². The minimum absolute atomic E-state index is 0.192. The Hall–Kier alpha value is -1.31. The van der Waals surface area contributed by atoms with Gasteiger partial charge in [-0.05, 0) is 86.3 Å². The molecule has 0 aromatic heterocycles. The van der Waals surface area contributed by atoms with Gasteiger partial charge in [0.15, 0.2) is 0 Å². The van der Waals surface area contributed by atoms with Gasteiger partial charge in [-0.15, -0.1) is 0 Å². The van der Waals surface area contributed by atoms with E-state index < -0.39 is 0 Å². The number of ether oxygens (including phenoxy) is 1. The van der Waals surface area contributed by atoms with Crippen molar-refractivity contribution in [1.82, 2.24) is 0 Å². The summed E-state index contributed by atoms with van der Waals surface area (Å²) in [5.74, 6) is 3.79. The van der Waals surface area contributed by atoms with Crippen molar-refractivity contribution in [3.05, 3.63) is 35.4 Å². The number of carbonyl (C=O) groups excluding carboxylic acids is 1. The van der Waals surface area contributed by atoms with Crippen molar-refractivity contribution in [2.45, 2.75) is 117 Å². The van der Waals surface area contributed by atoms with Crippen molar-refractivity contribution in [3.8, 4) is 0 Å². The summed E-state index contributed by atoms with van der Waals surface area (Å²) in [6.07, 6.45) is 22.4. The van der Waals surface area contributed by atoms with Gasteiger partial charge in [-0.3, -0.25) is 0 Å². The molecule has 2 fully saturated rings. The van der Waals surface area contributed by atoms with Crippen LogP contribution >= 0.6 is 0 Å². The maximum absolute atomic E-state index is 11.9. The number of benzene rings is 1. The average Bonchev–Trinajstić information content (AvgIpc) is 2.85. The first-order chi connectivity index (χ1) is 15.7. The van der Waals surface area contributed by atoms with E-state index in [0.29, 0.717) is 12.2 Å². The third kappa shape index (κ3) is 8.23. The molecule has 0 aliphatic heterocycles. The molecule has 1 aromatic rings. The highest BCUT2D eigenvalue weighted by Gasteiger charge is 2.30. The third-order valence-corrected chi connectivity index (χ3v) is 8.38. The number of rotatable bonds is 12. The first-order valence-electron chi connectivity index (χ1n) is 14.0. The molecule has 0 heterocycles. The Balaban J connectivity index is 1.30. The molecule has 3 rings (SSSR count). The molecule has 0 atom stereocenters. The van der Waals surface area contributed by atoms with E-state index in [2.05, 4.69) is 19.1 Å². The van der Waals surface area contributed by atoms with Gasteiger partial charge in [-0.2, -0.15) is 0 Å². The molecule has 2 aliphatic carbocycles. The van der Waals surface area contributed by atoms with Gasteiger partial charge in [0, 0.05) is 0 Å². The second-order valence-electron chi connectivity index (χ2n) is 10.8. The first kappa shape index (κ1) is 25.3. The van der Waals surface area contributed by atoms with Crippen molar-refractivity contribution < 1.29 is 9.53 Å². The van der Waals surface area contributed by atoms with E-state index >= 15 is 0 Å². The molecule has 0 radical (unpaired) electrons. The summed E-state index contributed by atoms with van der Waals surface area (Å²) in [6.45, 7) is 4.83. The summed E-state index contributed by atoms with van der Waals surface area (Å²) in [7, 11) is 0. The summed E-state index contributed by atoms with van der Waals surface area (Å²) in [4.78, 5) is 11.9. The fourth-order valence-electron chi connectivity index (χ4n) is 6.21. The van der Waals surface area contributed by atoms with Gasteiger partial charge in [-0.1, -0.05) is 83.8 Å². The van der Waals surface area contributed by atoms with E-state index in [0.717, 1.165) is 36.5 Å². The second kappa shape index (κ2) is 14.1. The highest BCUT2D eigenvalue weighted by Crippen LogP contribution is 2.43. The van der Waals surface area contributed by atoms with Crippen molar-refractivity contribution in [3.63, 3.8) is 0 Å². The maximum atomic E-state index is 11.9. The minimum Gasteiger partial charge on any atom is -0.462 e. The predicted octanol–water partition coefficient (Wildman–Crippen LogP) is 8.77. The SMILES string of the molecule is CCCCCCC1CCC(C2CCC(CCc3ccc(C(=O)OCCC)cc3)CC2)CC1. The molecular formula is C30H48O2.